The highest BCUT2D eigenvalue weighted by molar-refractivity contribution is 7.98. The Kier molecular flexibility index (Phi) is 4.28. The summed E-state index contributed by atoms with van der Waals surface area (Å²) in [6.07, 6.45) is 2.37. The molecule has 0 aliphatic carbocycles. The standard InChI is InChI=1S/C14H16N4O3S/c1-8(2)6-12-15-11(18-21-12)7-22-14-17-16-13(20-14)10-4-5-19-9(10)3/h4-5,8H,6-7H2,1-3H3. The van der Waals surface area contributed by atoms with E-state index in [2.05, 4.69) is 34.2 Å². The lowest BCUT2D eigenvalue weighted by Gasteiger charge is -1.95. The van der Waals surface area contributed by atoms with Crippen LogP contribution in [-0.4, -0.2) is 20.3 Å². The summed E-state index contributed by atoms with van der Waals surface area (Å²) < 4.78 is 16.0. The van der Waals surface area contributed by atoms with Gasteiger partial charge < -0.3 is 13.4 Å². The van der Waals surface area contributed by atoms with Crippen LogP contribution in [0.5, 0.6) is 0 Å². The first-order valence-corrected chi connectivity index (χ1v) is 7.92. The second-order valence-corrected chi connectivity index (χ2v) is 6.18. The molecule has 0 bridgehead atoms. The molecular formula is C14H16N4O3S. The molecule has 3 heterocycles. The summed E-state index contributed by atoms with van der Waals surface area (Å²) >= 11 is 1.37. The fraction of sp³-hybridized carbons (Fsp3) is 0.429. The van der Waals surface area contributed by atoms with Gasteiger partial charge in [-0.15, -0.1) is 10.2 Å². The first kappa shape index (κ1) is 14.8. The van der Waals surface area contributed by atoms with Crippen LogP contribution in [0.25, 0.3) is 11.5 Å². The molecule has 0 saturated carbocycles. The maximum Gasteiger partial charge on any atom is 0.277 e. The SMILES string of the molecule is Cc1occc1-c1nnc(SCc2noc(CC(C)C)n2)o1. The minimum absolute atomic E-state index is 0.447. The molecule has 3 rings (SSSR count). The van der Waals surface area contributed by atoms with Gasteiger partial charge in [0.05, 0.1) is 17.6 Å². The number of aromatic nitrogens is 4. The van der Waals surface area contributed by atoms with Crippen molar-refractivity contribution in [2.24, 2.45) is 5.92 Å². The van der Waals surface area contributed by atoms with E-state index in [1.54, 1.807) is 12.3 Å². The Labute approximate surface area is 131 Å². The predicted molar refractivity (Wildman–Crippen MR) is 79.1 cm³/mol. The molecule has 0 aliphatic rings. The second-order valence-electron chi connectivity index (χ2n) is 5.25. The van der Waals surface area contributed by atoms with Gasteiger partial charge in [0.25, 0.3) is 11.1 Å². The van der Waals surface area contributed by atoms with E-state index in [0.29, 0.717) is 34.5 Å². The summed E-state index contributed by atoms with van der Waals surface area (Å²) in [7, 11) is 0. The number of furan rings is 1. The van der Waals surface area contributed by atoms with Crippen LogP contribution in [-0.2, 0) is 12.2 Å². The minimum atomic E-state index is 0.447. The summed E-state index contributed by atoms with van der Waals surface area (Å²) in [5.74, 6) is 3.48. The van der Waals surface area contributed by atoms with Crippen LogP contribution in [0.3, 0.4) is 0 Å². The number of rotatable bonds is 6. The highest BCUT2D eigenvalue weighted by Gasteiger charge is 2.14. The van der Waals surface area contributed by atoms with Gasteiger partial charge in [0.15, 0.2) is 5.82 Å². The Hall–Kier alpha value is -2.09. The number of thioether (sulfide) groups is 1. The van der Waals surface area contributed by atoms with Crippen molar-refractivity contribution in [3.63, 3.8) is 0 Å². The molecule has 0 N–H and O–H groups in total. The van der Waals surface area contributed by atoms with Gasteiger partial charge in [-0.1, -0.05) is 30.8 Å². The van der Waals surface area contributed by atoms with Gasteiger partial charge in [0.1, 0.15) is 5.76 Å². The third-order valence-corrected chi connectivity index (χ3v) is 3.73. The molecule has 3 aromatic heterocycles. The third kappa shape index (κ3) is 3.38. The molecule has 0 fully saturated rings. The zero-order valence-corrected chi connectivity index (χ0v) is 13.4. The van der Waals surface area contributed by atoms with Crippen molar-refractivity contribution in [3.05, 3.63) is 29.8 Å². The van der Waals surface area contributed by atoms with E-state index in [9.17, 15) is 0 Å². The minimum Gasteiger partial charge on any atom is -0.469 e. The molecule has 0 radical (unpaired) electrons. The first-order chi connectivity index (χ1) is 10.6. The fourth-order valence-corrected chi connectivity index (χ4v) is 2.50. The Morgan fingerprint density at radius 1 is 1.27 bits per heavy atom. The average Bonchev–Trinajstić information content (AvgIpc) is 3.16. The van der Waals surface area contributed by atoms with E-state index in [1.807, 2.05) is 6.92 Å². The molecule has 0 atom stereocenters. The Balaban J connectivity index is 1.61. The van der Waals surface area contributed by atoms with Crippen molar-refractivity contribution in [3.8, 4) is 11.5 Å². The summed E-state index contributed by atoms with van der Waals surface area (Å²) in [6, 6.07) is 1.80. The van der Waals surface area contributed by atoms with Gasteiger partial charge in [-0.2, -0.15) is 4.98 Å². The molecule has 22 heavy (non-hydrogen) atoms. The predicted octanol–water partition coefficient (Wildman–Crippen LogP) is 3.51. The number of hydrogen-bond acceptors (Lipinski definition) is 8. The maximum absolute atomic E-state index is 5.60. The van der Waals surface area contributed by atoms with E-state index in [-0.39, 0.29) is 0 Å². The lowest BCUT2D eigenvalue weighted by Crippen LogP contribution is -1.94. The van der Waals surface area contributed by atoms with Gasteiger partial charge in [-0.3, -0.25) is 0 Å². The Morgan fingerprint density at radius 2 is 2.14 bits per heavy atom. The van der Waals surface area contributed by atoms with Crippen molar-refractivity contribution >= 4 is 11.8 Å². The van der Waals surface area contributed by atoms with Gasteiger partial charge in [-0.05, 0) is 18.9 Å². The molecule has 0 aliphatic heterocycles. The topological polar surface area (TPSA) is 91.0 Å². The van der Waals surface area contributed by atoms with E-state index < -0.39 is 0 Å². The van der Waals surface area contributed by atoms with Gasteiger partial charge in [0.2, 0.25) is 5.89 Å². The molecule has 3 aromatic rings. The van der Waals surface area contributed by atoms with E-state index >= 15 is 0 Å². The highest BCUT2D eigenvalue weighted by Crippen LogP contribution is 2.27. The molecule has 8 heteroatoms. The van der Waals surface area contributed by atoms with Crippen LogP contribution in [0, 0.1) is 12.8 Å². The lowest BCUT2D eigenvalue weighted by molar-refractivity contribution is 0.360. The summed E-state index contributed by atoms with van der Waals surface area (Å²) in [4.78, 5) is 4.33. The summed E-state index contributed by atoms with van der Waals surface area (Å²) in [6.45, 7) is 6.06. The zero-order chi connectivity index (χ0) is 15.5. The van der Waals surface area contributed by atoms with E-state index in [4.69, 9.17) is 13.4 Å². The molecule has 0 spiro atoms. The molecular weight excluding hydrogens is 304 g/mol. The third-order valence-electron chi connectivity index (χ3n) is 2.91. The Morgan fingerprint density at radius 3 is 2.86 bits per heavy atom. The van der Waals surface area contributed by atoms with Crippen LogP contribution >= 0.6 is 11.8 Å². The van der Waals surface area contributed by atoms with Crippen LogP contribution < -0.4 is 0 Å². The number of aryl methyl sites for hydroxylation is 1. The summed E-state index contributed by atoms with van der Waals surface area (Å²) in [5.41, 5.74) is 0.804. The molecule has 0 amide bonds. The van der Waals surface area contributed by atoms with Crippen molar-refractivity contribution in [2.75, 3.05) is 0 Å². The van der Waals surface area contributed by atoms with Crippen LogP contribution in [0.2, 0.25) is 0 Å². The first-order valence-electron chi connectivity index (χ1n) is 6.94. The summed E-state index contributed by atoms with van der Waals surface area (Å²) in [5, 5.41) is 12.4. The van der Waals surface area contributed by atoms with Crippen molar-refractivity contribution in [2.45, 2.75) is 38.2 Å². The van der Waals surface area contributed by atoms with Crippen LogP contribution in [0.15, 0.2) is 30.9 Å². The van der Waals surface area contributed by atoms with Crippen LogP contribution in [0.4, 0.5) is 0 Å². The average molecular weight is 320 g/mol. The molecule has 0 aromatic carbocycles. The largest absolute Gasteiger partial charge is 0.469 e. The number of nitrogens with zero attached hydrogens (tertiary/aromatic N) is 4. The quantitative estimate of drug-likeness (QED) is 0.637. The van der Waals surface area contributed by atoms with Gasteiger partial charge in [-0.25, -0.2) is 0 Å². The van der Waals surface area contributed by atoms with Gasteiger partial charge in [0, 0.05) is 6.42 Å². The lowest BCUT2D eigenvalue weighted by atomic mass is 10.1. The van der Waals surface area contributed by atoms with Crippen molar-refractivity contribution < 1.29 is 13.4 Å². The monoisotopic (exact) mass is 320 g/mol. The van der Waals surface area contributed by atoms with E-state index in [1.165, 1.54) is 11.8 Å². The van der Waals surface area contributed by atoms with Crippen molar-refractivity contribution in [1.29, 1.82) is 0 Å². The molecule has 0 saturated heterocycles. The zero-order valence-electron chi connectivity index (χ0n) is 12.6. The van der Waals surface area contributed by atoms with Gasteiger partial charge >= 0.3 is 0 Å². The Bertz CT molecular complexity index is 747. The normalized spacial score (nSPS) is 11.5. The van der Waals surface area contributed by atoms with E-state index in [0.717, 1.165) is 17.7 Å². The maximum atomic E-state index is 5.60. The van der Waals surface area contributed by atoms with Crippen molar-refractivity contribution in [1.82, 2.24) is 20.3 Å². The number of hydrogen-bond donors (Lipinski definition) is 0. The smallest absolute Gasteiger partial charge is 0.277 e. The fourth-order valence-electron chi connectivity index (χ4n) is 1.89. The second kappa shape index (κ2) is 6.35. The molecule has 116 valence electrons. The molecule has 0 unspecified atom stereocenters. The highest BCUT2D eigenvalue weighted by atomic mass is 32.2. The molecule has 7 nitrogen and oxygen atoms in total. The van der Waals surface area contributed by atoms with Crippen LogP contribution in [0.1, 0.15) is 31.3 Å².